The van der Waals surface area contributed by atoms with Crippen LogP contribution in [0, 0.1) is 0 Å². The molecule has 23 heavy (non-hydrogen) atoms. The van der Waals surface area contributed by atoms with Gasteiger partial charge in [-0.3, -0.25) is 0 Å². The Hall–Kier alpha value is -1.36. The Balaban J connectivity index is 0.00000264. The number of ether oxygens (including phenoxy) is 1. The Morgan fingerprint density at radius 1 is 1.22 bits per heavy atom. The summed E-state index contributed by atoms with van der Waals surface area (Å²) >= 11 is 3.48. The molecule has 0 aliphatic rings. The predicted molar refractivity (Wildman–Crippen MR) is 99.0 cm³/mol. The highest BCUT2D eigenvalue weighted by Crippen LogP contribution is 2.17. The van der Waals surface area contributed by atoms with Crippen molar-refractivity contribution in [3.05, 3.63) is 69.7 Å². The lowest BCUT2D eigenvalue weighted by Crippen LogP contribution is -2.18. The van der Waals surface area contributed by atoms with Gasteiger partial charge < -0.3 is 10.1 Å². The number of rotatable bonds is 6. The molecular weight excluding hydrogens is 378 g/mol. The van der Waals surface area contributed by atoms with Crippen LogP contribution >= 0.6 is 28.3 Å². The van der Waals surface area contributed by atoms with Gasteiger partial charge in [0.25, 0.3) is 0 Å². The Bertz CT molecular complexity index is 648. The Labute approximate surface area is 152 Å². The fourth-order valence-electron chi connectivity index (χ4n) is 2.19. The van der Waals surface area contributed by atoms with E-state index in [2.05, 4.69) is 40.3 Å². The maximum atomic E-state index is 11.8. The van der Waals surface area contributed by atoms with Crippen LogP contribution in [0.3, 0.4) is 0 Å². The second kappa shape index (κ2) is 9.71. The number of benzene rings is 2. The molecule has 0 aliphatic heterocycles. The fraction of sp³-hybridized carbons (Fsp3) is 0.278. The molecule has 3 nitrogen and oxygen atoms in total. The average Bonchev–Trinajstić information content (AvgIpc) is 2.53. The van der Waals surface area contributed by atoms with E-state index in [1.54, 1.807) is 6.07 Å². The summed E-state index contributed by atoms with van der Waals surface area (Å²) in [6, 6.07) is 15.9. The first kappa shape index (κ1) is 19.7. The molecule has 0 heterocycles. The first-order chi connectivity index (χ1) is 10.6. The van der Waals surface area contributed by atoms with Gasteiger partial charge in [-0.15, -0.1) is 12.4 Å². The highest BCUT2D eigenvalue weighted by Gasteiger charge is 2.10. The van der Waals surface area contributed by atoms with E-state index in [1.165, 1.54) is 5.56 Å². The van der Waals surface area contributed by atoms with E-state index < -0.39 is 0 Å². The van der Waals surface area contributed by atoms with E-state index in [-0.39, 0.29) is 24.4 Å². The van der Waals surface area contributed by atoms with Gasteiger partial charge in [0.15, 0.2) is 0 Å². The maximum Gasteiger partial charge on any atom is 0.338 e. The topological polar surface area (TPSA) is 38.3 Å². The third kappa shape index (κ3) is 5.98. The molecule has 2 rings (SSSR count). The molecule has 124 valence electrons. The number of esters is 1. The summed E-state index contributed by atoms with van der Waals surface area (Å²) in [6.07, 6.45) is 0. The Morgan fingerprint density at radius 2 is 1.96 bits per heavy atom. The zero-order chi connectivity index (χ0) is 15.9. The molecule has 0 fully saturated rings. The van der Waals surface area contributed by atoms with Gasteiger partial charge in [-0.2, -0.15) is 0 Å². The van der Waals surface area contributed by atoms with Crippen LogP contribution in [0.15, 0.2) is 53.0 Å². The van der Waals surface area contributed by atoms with E-state index >= 15 is 0 Å². The van der Waals surface area contributed by atoms with Crippen LogP contribution in [0.4, 0.5) is 0 Å². The van der Waals surface area contributed by atoms with Crippen LogP contribution in [-0.4, -0.2) is 12.6 Å². The van der Waals surface area contributed by atoms with Crippen molar-refractivity contribution >= 4 is 34.3 Å². The van der Waals surface area contributed by atoms with E-state index in [9.17, 15) is 4.79 Å². The molecule has 1 N–H and O–H groups in total. The normalized spacial score (nSPS) is 11.4. The molecule has 2 aromatic carbocycles. The molecule has 0 amide bonds. The first-order valence-corrected chi connectivity index (χ1v) is 8.14. The van der Waals surface area contributed by atoms with Crippen molar-refractivity contribution in [2.45, 2.75) is 26.4 Å². The highest BCUT2D eigenvalue weighted by atomic mass is 79.9. The van der Waals surface area contributed by atoms with Crippen molar-refractivity contribution in [3.8, 4) is 0 Å². The molecule has 0 saturated heterocycles. The van der Waals surface area contributed by atoms with Crippen molar-refractivity contribution in [1.82, 2.24) is 5.32 Å². The third-order valence-corrected chi connectivity index (χ3v) is 3.89. The summed E-state index contributed by atoms with van der Waals surface area (Å²) in [4.78, 5) is 11.8. The predicted octanol–water partition coefficient (Wildman–Crippen LogP) is 4.90. The van der Waals surface area contributed by atoms with Gasteiger partial charge >= 0.3 is 5.97 Å². The number of carbonyl (C=O) groups excluding carboxylic acids is 1. The summed E-state index contributed by atoms with van der Waals surface area (Å²) in [5.74, 6) is -0.275. The smallest absolute Gasteiger partial charge is 0.338 e. The van der Waals surface area contributed by atoms with Crippen LogP contribution in [-0.2, 0) is 11.3 Å². The van der Waals surface area contributed by atoms with Gasteiger partial charge in [-0.1, -0.05) is 40.2 Å². The lowest BCUT2D eigenvalue weighted by molar-refractivity contribution is 0.0526. The molecule has 0 aromatic heterocycles. The zero-order valence-electron chi connectivity index (χ0n) is 13.2. The molecule has 5 heteroatoms. The number of nitrogens with one attached hydrogen (secondary N) is 1. The minimum Gasteiger partial charge on any atom is -0.462 e. The Morgan fingerprint density at radius 3 is 2.65 bits per heavy atom. The van der Waals surface area contributed by atoms with Crippen LogP contribution < -0.4 is 5.32 Å². The molecule has 1 unspecified atom stereocenters. The second-order valence-electron chi connectivity index (χ2n) is 5.08. The van der Waals surface area contributed by atoms with Gasteiger partial charge in [0.1, 0.15) is 0 Å². The standard InChI is InChI=1S/C18H20BrNO2.ClH/c1-3-22-18(21)16-8-5-7-15(11-16)13(2)20-12-14-6-4-9-17(19)10-14;/h4-11,13,20H,3,12H2,1-2H3;1H. The summed E-state index contributed by atoms with van der Waals surface area (Å²) < 4.78 is 6.11. The lowest BCUT2D eigenvalue weighted by atomic mass is 10.0. The molecule has 0 spiro atoms. The molecule has 0 radical (unpaired) electrons. The summed E-state index contributed by atoms with van der Waals surface area (Å²) in [5.41, 5.74) is 2.87. The number of hydrogen-bond acceptors (Lipinski definition) is 3. The third-order valence-electron chi connectivity index (χ3n) is 3.40. The largest absolute Gasteiger partial charge is 0.462 e. The summed E-state index contributed by atoms with van der Waals surface area (Å²) in [7, 11) is 0. The van der Waals surface area contributed by atoms with Gasteiger partial charge in [0.2, 0.25) is 0 Å². The first-order valence-electron chi connectivity index (χ1n) is 7.35. The molecule has 0 bridgehead atoms. The van der Waals surface area contributed by atoms with Crippen LogP contribution in [0.25, 0.3) is 0 Å². The Kier molecular flexibility index (Phi) is 8.31. The minimum atomic E-state index is -0.275. The van der Waals surface area contributed by atoms with Crippen LogP contribution in [0.1, 0.15) is 41.4 Å². The average molecular weight is 399 g/mol. The molecule has 0 saturated carbocycles. The monoisotopic (exact) mass is 397 g/mol. The highest BCUT2D eigenvalue weighted by molar-refractivity contribution is 9.10. The fourth-order valence-corrected chi connectivity index (χ4v) is 2.63. The van der Waals surface area contributed by atoms with Gasteiger partial charge in [0, 0.05) is 17.1 Å². The number of hydrogen-bond donors (Lipinski definition) is 1. The number of halogens is 2. The van der Waals surface area contributed by atoms with E-state index in [4.69, 9.17) is 4.74 Å². The van der Waals surface area contributed by atoms with Crippen molar-refractivity contribution in [2.24, 2.45) is 0 Å². The maximum absolute atomic E-state index is 11.8. The summed E-state index contributed by atoms with van der Waals surface area (Å²) in [6.45, 7) is 5.05. The molecule has 1 atom stereocenters. The van der Waals surface area contributed by atoms with Gasteiger partial charge in [0.05, 0.1) is 12.2 Å². The van der Waals surface area contributed by atoms with E-state index in [0.29, 0.717) is 12.2 Å². The molecule has 2 aromatic rings. The van der Waals surface area contributed by atoms with Gasteiger partial charge in [-0.05, 0) is 49.2 Å². The number of carbonyl (C=O) groups is 1. The van der Waals surface area contributed by atoms with Crippen LogP contribution in [0.2, 0.25) is 0 Å². The molecule has 0 aliphatic carbocycles. The quantitative estimate of drug-likeness (QED) is 0.703. The minimum absolute atomic E-state index is 0. The van der Waals surface area contributed by atoms with Crippen molar-refractivity contribution in [3.63, 3.8) is 0 Å². The van der Waals surface area contributed by atoms with Crippen molar-refractivity contribution < 1.29 is 9.53 Å². The van der Waals surface area contributed by atoms with Crippen molar-refractivity contribution in [2.75, 3.05) is 6.61 Å². The zero-order valence-corrected chi connectivity index (χ0v) is 15.6. The molecular formula is C18H21BrClNO2. The summed E-state index contributed by atoms with van der Waals surface area (Å²) in [5, 5.41) is 3.47. The van der Waals surface area contributed by atoms with Gasteiger partial charge in [-0.25, -0.2) is 4.79 Å². The van der Waals surface area contributed by atoms with E-state index in [0.717, 1.165) is 16.6 Å². The SMILES string of the molecule is CCOC(=O)c1cccc(C(C)NCc2cccc(Br)c2)c1.Cl. The second-order valence-corrected chi connectivity index (χ2v) is 5.99. The van der Waals surface area contributed by atoms with Crippen LogP contribution in [0.5, 0.6) is 0 Å². The van der Waals surface area contributed by atoms with Crippen molar-refractivity contribution in [1.29, 1.82) is 0 Å². The van der Waals surface area contributed by atoms with E-state index in [1.807, 2.05) is 37.3 Å². The lowest BCUT2D eigenvalue weighted by Gasteiger charge is -2.15.